The lowest BCUT2D eigenvalue weighted by Gasteiger charge is -2.34. The number of hydrogen-bond donors (Lipinski definition) is 0. The average molecular weight is 364 g/mol. The number of nitrogens with zero attached hydrogens (tertiary/aromatic N) is 5. The molecule has 8 heteroatoms. The first-order valence-electron chi connectivity index (χ1n) is 8.31. The number of amides is 1. The van der Waals surface area contributed by atoms with Gasteiger partial charge in [0.2, 0.25) is 0 Å². The summed E-state index contributed by atoms with van der Waals surface area (Å²) in [4.78, 5) is 16.7. The first kappa shape index (κ1) is 17.8. The van der Waals surface area contributed by atoms with Crippen molar-refractivity contribution in [3.05, 3.63) is 46.7 Å². The Kier molecular flexibility index (Phi) is 6.01. The van der Waals surface area contributed by atoms with E-state index in [1.54, 1.807) is 18.0 Å². The fourth-order valence-electron chi connectivity index (χ4n) is 2.81. The van der Waals surface area contributed by atoms with E-state index in [1.165, 1.54) is 0 Å². The smallest absolute Gasteiger partial charge is 0.276 e. The Labute approximate surface area is 152 Å². The minimum Gasteiger partial charge on any atom is -0.383 e. The third-order valence-corrected chi connectivity index (χ3v) is 4.54. The maximum atomic E-state index is 12.6. The quantitative estimate of drug-likeness (QED) is 0.776. The minimum absolute atomic E-state index is 0.0613. The van der Waals surface area contributed by atoms with Crippen LogP contribution >= 0.6 is 11.6 Å². The minimum atomic E-state index is -0.0613. The van der Waals surface area contributed by atoms with Crippen molar-refractivity contribution in [1.82, 2.24) is 24.8 Å². The van der Waals surface area contributed by atoms with Crippen LogP contribution in [-0.4, -0.2) is 77.1 Å². The summed E-state index contributed by atoms with van der Waals surface area (Å²) in [5.41, 5.74) is 1.44. The van der Waals surface area contributed by atoms with Gasteiger partial charge in [-0.1, -0.05) is 28.9 Å². The summed E-state index contributed by atoms with van der Waals surface area (Å²) in [7, 11) is 1.70. The molecule has 25 heavy (non-hydrogen) atoms. The van der Waals surface area contributed by atoms with Crippen LogP contribution in [0.4, 0.5) is 0 Å². The van der Waals surface area contributed by atoms with Gasteiger partial charge in [0.1, 0.15) is 0 Å². The predicted molar refractivity (Wildman–Crippen MR) is 94.8 cm³/mol. The Bertz CT molecular complexity index is 695. The fraction of sp³-hybridized carbons (Fsp3) is 0.471. The Morgan fingerprint density at radius 1 is 1.20 bits per heavy atom. The van der Waals surface area contributed by atoms with E-state index in [1.807, 2.05) is 29.2 Å². The number of aromatic nitrogens is 3. The topological polar surface area (TPSA) is 63.5 Å². The molecule has 0 unspecified atom stereocenters. The lowest BCUT2D eigenvalue weighted by molar-refractivity contribution is 0.0589. The predicted octanol–water partition coefficient (Wildman–Crippen LogP) is 1.38. The van der Waals surface area contributed by atoms with Gasteiger partial charge in [-0.25, -0.2) is 4.68 Å². The van der Waals surface area contributed by atoms with Crippen molar-refractivity contribution >= 4 is 17.5 Å². The highest BCUT2D eigenvalue weighted by Gasteiger charge is 2.23. The molecule has 0 radical (unpaired) electrons. The zero-order valence-electron chi connectivity index (χ0n) is 14.3. The van der Waals surface area contributed by atoms with E-state index in [0.29, 0.717) is 37.0 Å². The molecule has 1 fully saturated rings. The van der Waals surface area contributed by atoms with Gasteiger partial charge < -0.3 is 9.64 Å². The number of benzene rings is 1. The molecule has 2 aromatic rings. The molecular weight excluding hydrogens is 342 g/mol. The van der Waals surface area contributed by atoms with E-state index in [9.17, 15) is 4.79 Å². The van der Waals surface area contributed by atoms with Gasteiger partial charge in [0.25, 0.3) is 5.91 Å². The number of carbonyl (C=O) groups is 1. The number of hydrogen-bond acceptors (Lipinski definition) is 5. The van der Waals surface area contributed by atoms with Crippen molar-refractivity contribution in [3.63, 3.8) is 0 Å². The van der Waals surface area contributed by atoms with Crippen LogP contribution in [0.1, 0.15) is 16.1 Å². The molecule has 0 bridgehead atoms. The maximum absolute atomic E-state index is 12.6. The first-order chi connectivity index (χ1) is 12.2. The Hall–Kier alpha value is -1.96. The largest absolute Gasteiger partial charge is 0.383 e. The second-order valence-corrected chi connectivity index (χ2v) is 6.49. The normalized spacial score (nSPS) is 15.5. The number of rotatable bonds is 6. The highest BCUT2D eigenvalue weighted by molar-refractivity contribution is 6.30. The van der Waals surface area contributed by atoms with Gasteiger partial charge in [0.05, 0.1) is 19.3 Å². The van der Waals surface area contributed by atoms with E-state index >= 15 is 0 Å². The van der Waals surface area contributed by atoms with Gasteiger partial charge in [0.15, 0.2) is 5.69 Å². The maximum Gasteiger partial charge on any atom is 0.276 e. The number of ether oxygens (including phenoxy) is 1. The fourth-order valence-corrected chi connectivity index (χ4v) is 2.93. The standard InChI is InChI=1S/C17H22ClN5O2/c1-25-11-10-21-6-8-22(9-7-21)17(24)16-13-23(20-19-16)12-14-2-4-15(18)5-3-14/h2-5,13H,6-12H2,1H3. The highest BCUT2D eigenvalue weighted by Crippen LogP contribution is 2.11. The highest BCUT2D eigenvalue weighted by atomic mass is 35.5. The number of carbonyl (C=O) groups excluding carboxylic acids is 1. The van der Waals surface area contributed by atoms with E-state index in [2.05, 4.69) is 15.2 Å². The summed E-state index contributed by atoms with van der Waals surface area (Å²) in [5.74, 6) is -0.0613. The number of halogens is 1. The summed E-state index contributed by atoms with van der Waals surface area (Å²) < 4.78 is 6.77. The molecule has 0 N–H and O–H groups in total. The van der Waals surface area contributed by atoms with Crippen molar-refractivity contribution in [1.29, 1.82) is 0 Å². The molecule has 1 amide bonds. The lowest BCUT2D eigenvalue weighted by atomic mass is 10.2. The monoisotopic (exact) mass is 363 g/mol. The van der Waals surface area contributed by atoms with Gasteiger partial charge >= 0.3 is 0 Å². The van der Waals surface area contributed by atoms with Crippen LogP contribution in [0.15, 0.2) is 30.5 Å². The van der Waals surface area contributed by atoms with Crippen LogP contribution in [0.2, 0.25) is 5.02 Å². The molecular formula is C17H22ClN5O2. The van der Waals surface area contributed by atoms with Crippen molar-refractivity contribution in [2.75, 3.05) is 46.4 Å². The van der Waals surface area contributed by atoms with Crippen LogP contribution in [-0.2, 0) is 11.3 Å². The lowest BCUT2D eigenvalue weighted by Crippen LogP contribution is -2.49. The zero-order chi connectivity index (χ0) is 17.6. The van der Waals surface area contributed by atoms with E-state index < -0.39 is 0 Å². The van der Waals surface area contributed by atoms with Crippen LogP contribution in [0.3, 0.4) is 0 Å². The molecule has 1 aliphatic rings. The molecule has 0 atom stereocenters. The molecule has 3 rings (SSSR count). The first-order valence-corrected chi connectivity index (χ1v) is 8.68. The van der Waals surface area contributed by atoms with Gasteiger partial charge in [0, 0.05) is 44.9 Å². The van der Waals surface area contributed by atoms with E-state index in [0.717, 1.165) is 25.2 Å². The summed E-state index contributed by atoms with van der Waals surface area (Å²) >= 11 is 5.89. The Morgan fingerprint density at radius 3 is 2.60 bits per heavy atom. The van der Waals surface area contributed by atoms with Gasteiger partial charge in [-0.3, -0.25) is 9.69 Å². The van der Waals surface area contributed by atoms with E-state index in [-0.39, 0.29) is 5.91 Å². The van der Waals surface area contributed by atoms with Gasteiger partial charge in [-0.15, -0.1) is 5.10 Å². The summed E-state index contributed by atoms with van der Waals surface area (Å²) in [6, 6.07) is 7.54. The molecule has 1 aromatic heterocycles. The molecule has 2 heterocycles. The third kappa shape index (κ3) is 4.78. The molecule has 7 nitrogen and oxygen atoms in total. The molecule has 1 aromatic carbocycles. The molecule has 0 saturated carbocycles. The van der Waals surface area contributed by atoms with Gasteiger partial charge in [-0.05, 0) is 17.7 Å². The van der Waals surface area contributed by atoms with Crippen molar-refractivity contribution < 1.29 is 9.53 Å². The van der Waals surface area contributed by atoms with E-state index in [4.69, 9.17) is 16.3 Å². The van der Waals surface area contributed by atoms with Crippen molar-refractivity contribution in [3.8, 4) is 0 Å². The SMILES string of the molecule is COCCN1CCN(C(=O)c2cn(Cc3ccc(Cl)cc3)nn2)CC1. The summed E-state index contributed by atoms with van der Waals surface area (Å²) in [6.07, 6.45) is 1.70. The zero-order valence-corrected chi connectivity index (χ0v) is 15.0. The average Bonchev–Trinajstić information content (AvgIpc) is 3.10. The third-order valence-electron chi connectivity index (χ3n) is 4.29. The summed E-state index contributed by atoms with van der Waals surface area (Å²) in [6.45, 7) is 5.28. The molecule has 134 valence electrons. The Balaban J connectivity index is 1.55. The van der Waals surface area contributed by atoms with Crippen LogP contribution in [0, 0.1) is 0 Å². The second-order valence-electron chi connectivity index (χ2n) is 6.05. The number of piperazine rings is 1. The second kappa shape index (κ2) is 8.42. The molecule has 1 aliphatic heterocycles. The summed E-state index contributed by atoms with van der Waals surface area (Å²) in [5, 5.41) is 8.80. The molecule has 0 spiro atoms. The van der Waals surface area contributed by atoms with Crippen molar-refractivity contribution in [2.45, 2.75) is 6.54 Å². The van der Waals surface area contributed by atoms with Crippen molar-refractivity contribution in [2.24, 2.45) is 0 Å². The van der Waals surface area contributed by atoms with Crippen LogP contribution in [0.5, 0.6) is 0 Å². The van der Waals surface area contributed by atoms with Crippen LogP contribution < -0.4 is 0 Å². The van der Waals surface area contributed by atoms with Crippen LogP contribution in [0.25, 0.3) is 0 Å². The molecule has 1 saturated heterocycles. The molecule has 0 aliphatic carbocycles. The Morgan fingerprint density at radius 2 is 1.92 bits per heavy atom. The van der Waals surface area contributed by atoms with Gasteiger partial charge in [-0.2, -0.15) is 0 Å². The number of methoxy groups -OCH3 is 1.